The summed E-state index contributed by atoms with van der Waals surface area (Å²) in [4.78, 5) is 23.5. The maximum Gasteiger partial charge on any atom is 0.407 e. The summed E-state index contributed by atoms with van der Waals surface area (Å²) in [7, 11) is 0. The van der Waals surface area contributed by atoms with Crippen LogP contribution in [0.15, 0.2) is 12.7 Å². The predicted molar refractivity (Wildman–Crippen MR) is 94.9 cm³/mol. The summed E-state index contributed by atoms with van der Waals surface area (Å²) in [5, 5.41) is 2.75. The number of alkyl carbamates (subject to hydrolysis) is 1. The van der Waals surface area contributed by atoms with Crippen LogP contribution in [0.5, 0.6) is 0 Å². The van der Waals surface area contributed by atoms with Gasteiger partial charge in [0.25, 0.3) is 0 Å². The Morgan fingerprint density at radius 2 is 1.76 bits per heavy atom. The van der Waals surface area contributed by atoms with E-state index in [0.717, 1.165) is 24.3 Å². The highest BCUT2D eigenvalue weighted by Crippen LogP contribution is 2.61. The molecule has 1 amide bonds. The fourth-order valence-corrected chi connectivity index (χ4v) is 5.73. The topological polar surface area (TPSA) is 64.6 Å². The first-order valence-electron chi connectivity index (χ1n) is 9.69. The molecule has 0 aromatic rings. The molecule has 0 unspecified atom stereocenters. The molecule has 140 valence electrons. The molecule has 0 aliphatic heterocycles. The Morgan fingerprint density at radius 1 is 1.16 bits per heavy atom. The van der Waals surface area contributed by atoms with Gasteiger partial charge in [-0.15, -0.1) is 0 Å². The lowest BCUT2D eigenvalue weighted by Crippen LogP contribution is -2.61. The summed E-state index contributed by atoms with van der Waals surface area (Å²) in [5.74, 6) is 2.72. The largest absolute Gasteiger partial charge is 0.461 e. The molecule has 25 heavy (non-hydrogen) atoms. The lowest BCUT2D eigenvalue weighted by atomic mass is 9.48. The second-order valence-electron chi connectivity index (χ2n) is 8.55. The Hall–Kier alpha value is -1.52. The summed E-state index contributed by atoms with van der Waals surface area (Å²) >= 11 is 0. The van der Waals surface area contributed by atoms with Crippen molar-refractivity contribution < 1.29 is 19.1 Å². The van der Waals surface area contributed by atoms with Gasteiger partial charge in [-0.3, -0.25) is 0 Å². The summed E-state index contributed by atoms with van der Waals surface area (Å²) in [6.07, 6.45) is 7.92. The molecule has 4 fully saturated rings. The van der Waals surface area contributed by atoms with Crippen molar-refractivity contribution in [3.8, 4) is 0 Å². The number of nitrogens with one attached hydrogen (secondary N) is 1. The molecule has 0 radical (unpaired) electrons. The van der Waals surface area contributed by atoms with E-state index in [1.165, 1.54) is 32.1 Å². The van der Waals surface area contributed by atoms with Gasteiger partial charge >= 0.3 is 12.1 Å². The zero-order valence-corrected chi connectivity index (χ0v) is 15.5. The van der Waals surface area contributed by atoms with Crippen LogP contribution in [0, 0.1) is 29.6 Å². The zero-order valence-electron chi connectivity index (χ0n) is 15.5. The molecule has 4 aliphatic rings. The highest BCUT2D eigenvalue weighted by molar-refractivity contribution is 5.81. The molecular weight excluding hydrogens is 318 g/mol. The van der Waals surface area contributed by atoms with Crippen molar-refractivity contribution in [2.24, 2.45) is 29.6 Å². The summed E-state index contributed by atoms with van der Waals surface area (Å²) in [6.45, 7) is 8.16. The van der Waals surface area contributed by atoms with Crippen LogP contribution in [0.25, 0.3) is 0 Å². The fraction of sp³-hybridized carbons (Fsp3) is 0.800. The quantitative estimate of drug-likeness (QED) is 0.432. The van der Waals surface area contributed by atoms with Gasteiger partial charge in [-0.25, -0.2) is 9.59 Å². The minimum Gasteiger partial charge on any atom is -0.461 e. The third kappa shape index (κ3) is 3.85. The summed E-state index contributed by atoms with van der Waals surface area (Å²) in [6, 6.07) is 0. The molecule has 0 heterocycles. The summed E-state index contributed by atoms with van der Waals surface area (Å²) < 4.78 is 11.0. The Kier molecular flexibility index (Phi) is 5.40. The van der Waals surface area contributed by atoms with Crippen LogP contribution in [0.1, 0.15) is 52.4 Å². The van der Waals surface area contributed by atoms with Crippen LogP contribution >= 0.6 is 0 Å². The monoisotopic (exact) mass is 349 g/mol. The van der Waals surface area contributed by atoms with Gasteiger partial charge in [-0.2, -0.15) is 0 Å². The van der Waals surface area contributed by atoms with Crippen LogP contribution in [-0.4, -0.2) is 30.8 Å². The molecule has 4 bridgehead atoms. The number of hydrogen-bond acceptors (Lipinski definition) is 4. The van der Waals surface area contributed by atoms with Crippen molar-refractivity contribution in [1.82, 2.24) is 5.32 Å². The van der Waals surface area contributed by atoms with Crippen LogP contribution in [0.2, 0.25) is 0 Å². The van der Waals surface area contributed by atoms with E-state index in [-0.39, 0.29) is 24.8 Å². The molecule has 0 aromatic heterocycles. The van der Waals surface area contributed by atoms with E-state index in [9.17, 15) is 9.59 Å². The number of esters is 1. The van der Waals surface area contributed by atoms with Crippen LogP contribution < -0.4 is 5.32 Å². The number of amides is 1. The number of rotatable bonds is 7. The lowest BCUT2D eigenvalue weighted by molar-refractivity contribution is -0.181. The molecule has 0 aromatic carbocycles. The number of ether oxygens (including phenoxy) is 2. The SMILES string of the molecule is C=CC(=O)OCCNC(=O)OC1(CC(C)C)C2CC3CC(C2)CC1C3. The molecular formula is C20H31NO4. The Bertz CT molecular complexity index is 500. The van der Waals surface area contributed by atoms with Crippen molar-refractivity contribution in [2.45, 2.75) is 58.0 Å². The Morgan fingerprint density at radius 3 is 2.28 bits per heavy atom. The van der Waals surface area contributed by atoms with Crippen molar-refractivity contribution in [1.29, 1.82) is 0 Å². The number of carbonyl (C=O) groups excluding carboxylic acids is 2. The van der Waals surface area contributed by atoms with Gasteiger partial charge in [0.1, 0.15) is 12.2 Å². The Balaban J connectivity index is 1.60. The molecule has 1 N–H and O–H groups in total. The minimum atomic E-state index is -0.479. The highest BCUT2D eigenvalue weighted by Gasteiger charge is 2.59. The second-order valence-corrected chi connectivity index (χ2v) is 8.55. The van der Waals surface area contributed by atoms with E-state index in [0.29, 0.717) is 17.8 Å². The van der Waals surface area contributed by atoms with Gasteiger partial charge in [0, 0.05) is 6.08 Å². The van der Waals surface area contributed by atoms with Gasteiger partial charge in [0.15, 0.2) is 0 Å². The molecule has 0 atom stereocenters. The average Bonchev–Trinajstić information content (AvgIpc) is 2.55. The first kappa shape index (κ1) is 18.3. The number of carbonyl (C=O) groups is 2. The summed E-state index contributed by atoms with van der Waals surface area (Å²) in [5.41, 5.74) is -0.302. The van der Waals surface area contributed by atoms with Gasteiger partial charge in [0.2, 0.25) is 0 Å². The van der Waals surface area contributed by atoms with Gasteiger partial charge in [-0.05, 0) is 68.1 Å². The maximum absolute atomic E-state index is 12.4. The lowest BCUT2D eigenvalue weighted by Gasteiger charge is -2.60. The molecule has 4 saturated carbocycles. The van der Waals surface area contributed by atoms with Crippen molar-refractivity contribution in [3.63, 3.8) is 0 Å². The third-order valence-corrected chi connectivity index (χ3v) is 6.31. The van der Waals surface area contributed by atoms with Crippen molar-refractivity contribution >= 4 is 12.1 Å². The van der Waals surface area contributed by atoms with E-state index < -0.39 is 5.97 Å². The van der Waals surface area contributed by atoms with Gasteiger partial charge < -0.3 is 14.8 Å². The van der Waals surface area contributed by atoms with Crippen LogP contribution in [-0.2, 0) is 14.3 Å². The van der Waals surface area contributed by atoms with Crippen LogP contribution in [0.4, 0.5) is 4.79 Å². The standard InChI is InChI=1S/C20H31NO4/c1-4-18(22)24-6-5-21-19(23)25-20(12-13(2)3)16-8-14-7-15(10-16)11-17(20)9-14/h4,13-17H,1,5-12H2,2-3H3,(H,21,23). The minimum absolute atomic E-state index is 0.133. The Labute approximate surface area is 150 Å². The molecule has 0 spiro atoms. The molecule has 0 saturated heterocycles. The maximum atomic E-state index is 12.4. The third-order valence-electron chi connectivity index (χ3n) is 6.31. The number of hydrogen-bond donors (Lipinski definition) is 1. The van der Waals surface area contributed by atoms with Crippen molar-refractivity contribution in [2.75, 3.05) is 13.2 Å². The van der Waals surface area contributed by atoms with E-state index in [2.05, 4.69) is 25.7 Å². The zero-order chi connectivity index (χ0) is 18.0. The molecule has 5 heteroatoms. The smallest absolute Gasteiger partial charge is 0.407 e. The van der Waals surface area contributed by atoms with E-state index in [1.807, 2.05) is 0 Å². The van der Waals surface area contributed by atoms with Crippen LogP contribution in [0.3, 0.4) is 0 Å². The molecule has 5 nitrogen and oxygen atoms in total. The van der Waals surface area contributed by atoms with Gasteiger partial charge in [-0.1, -0.05) is 20.4 Å². The molecule has 4 rings (SSSR count). The first-order chi connectivity index (χ1) is 11.9. The van der Waals surface area contributed by atoms with Gasteiger partial charge in [0.05, 0.1) is 6.54 Å². The first-order valence-corrected chi connectivity index (χ1v) is 9.69. The predicted octanol–water partition coefficient (Wildman–Crippen LogP) is 3.68. The average molecular weight is 349 g/mol. The fourth-order valence-electron chi connectivity index (χ4n) is 5.73. The normalized spacial score (nSPS) is 35.5. The van der Waals surface area contributed by atoms with Crippen molar-refractivity contribution in [3.05, 3.63) is 12.7 Å². The van der Waals surface area contributed by atoms with E-state index in [4.69, 9.17) is 9.47 Å². The second kappa shape index (κ2) is 7.38. The van der Waals surface area contributed by atoms with E-state index in [1.54, 1.807) is 0 Å². The highest BCUT2D eigenvalue weighted by atomic mass is 16.6. The molecule has 4 aliphatic carbocycles. The van der Waals surface area contributed by atoms with E-state index >= 15 is 0 Å².